The summed E-state index contributed by atoms with van der Waals surface area (Å²) >= 11 is 0. The van der Waals surface area contributed by atoms with Gasteiger partial charge in [-0.2, -0.15) is 0 Å². The van der Waals surface area contributed by atoms with Gasteiger partial charge in [0.15, 0.2) is 0 Å². The number of carbonyl (C=O) groups excluding carboxylic acids is 1. The van der Waals surface area contributed by atoms with Crippen LogP contribution in [0.5, 0.6) is 0 Å². The molecule has 5 nitrogen and oxygen atoms in total. The molecular formula is C19H24N2O3S. The zero-order chi connectivity index (χ0) is 18.3. The van der Waals surface area contributed by atoms with E-state index in [0.29, 0.717) is 12.1 Å². The second-order valence-corrected chi connectivity index (χ2v) is 7.77. The average Bonchev–Trinajstić information content (AvgIpc) is 2.62. The average molecular weight is 360 g/mol. The number of hydrogen-bond donors (Lipinski definition) is 2. The lowest BCUT2D eigenvalue weighted by Crippen LogP contribution is -2.26. The molecule has 0 fully saturated rings. The van der Waals surface area contributed by atoms with Crippen LogP contribution < -0.4 is 10.0 Å². The van der Waals surface area contributed by atoms with Gasteiger partial charge in [0, 0.05) is 12.1 Å². The Morgan fingerprint density at radius 1 is 1.04 bits per heavy atom. The first kappa shape index (κ1) is 19.1. The molecule has 0 aliphatic carbocycles. The molecule has 0 heterocycles. The predicted octanol–water partition coefficient (Wildman–Crippen LogP) is 2.66. The lowest BCUT2D eigenvalue weighted by atomic mass is 10.1. The minimum Gasteiger partial charge on any atom is -0.352 e. The smallest absolute Gasteiger partial charge is 0.251 e. The molecule has 2 rings (SSSR count). The number of amides is 1. The molecule has 0 bridgehead atoms. The number of hydrogen-bond acceptors (Lipinski definition) is 3. The van der Waals surface area contributed by atoms with Crippen molar-refractivity contribution in [2.75, 3.05) is 13.6 Å². The summed E-state index contributed by atoms with van der Waals surface area (Å²) in [6, 6.07) is 14.8. The van der Waals surface area contributed by atoms with Crippen molar-refractivity contribution in [3.8, 4) is 0 Å². The van der Waals surface area contributed by atoms with Gasteiger partial charge in [-0.3, -0.25) is 4.79 Å². The standard InChI is InChI=1S/C19H24N2O3S/c1-15-11-12-17(25(23,24)20-2)14-18(15)19(22)21-13-7-6-10-16-8-4-3-5-9-16/h3-5,8-9,11-12,14,20H,6-7,10,13H2,1-2H3,(H,21,22). The Labute approximate surface area is 149 Å². The first-order valence-electron chi connectivity index (χ1n) is 8.30. The van der Waals surface area contributed by atoms with Gasteiger partial charge < -0.3 is 5.32 Å². The number of sulfonamides is 1. The summed E-state index contributed by atoms with van der Waals surface area (Å²) < 4.78 is 26.0. The molecule has 2 N–H and O–H groups in total. The molecule has 2 aromatic carbocycles. The Bertz CT molecular complexity index is 818. The summed E-state index contributed by atoms with van der Waals surface area (Å²) in [6.07, 6.45) is 2.83. The minimum absolute atomic E-state index is 0.0924. The van der Waals surface area contributed by atoms with Crippen LogP contribution in [0.15, 0.2) is 53.4 Å². The third-order valence-corrected chi connectivity index (χ3v) is 5.47. The highest BCUT2D eigenvalue weighted by Crippen LogP contribution is 2.15. The summed E-state index contributed by atoms with van der Waals surface area (Å²) in [5.41, 5.74) is 2.42. The number of aryl methyl sites for hydroxylation is 2. The van der Waals surface area contributed by atoms with Gasteiger partial charge in [-0.15, -0.1) is 0 Å². The van der Waals surface area contributed by atoms with Gasteiger partial charge in [0.2, 0.25) is 10.0 Å². The molecule has 0 aromatic heterocycles. The molecule has 0 saturated carbocycles. The van der Waals surface area contributed by atoms with Crippen LogP contribution in [-0.4, -0.2) is 27.9 Å². The second kappa shape index (κ2) is 8.78. The van der Waals surface area contributed by atoms with Crippen LogP contribution in [0.1, 0.15) is 34.3 Å². The van der Waals surface area contributed by atoms with Crippen LogP contribution >= 0.6 is 0 Å². The van der Waals surface area contributed by atoms with E-state index in [1.807, 2.05) is 18.2 Å². The van der Waals surface area contributed by atoms with E-state index in [-0.39, 0.29) is 10.8 Å². The van der Waals surface area contributed by atoms with Gasteiger partial charge in [-0.25, -0.2) is 13.1 Å². The summed E-state index contributed by atoms with van der Waals surface area (Å²) in [6.45, 7) is 2.36. The van der Waals surface area contributed by atoms with Crippen LogP contribution in [0.4, 0.5) is 0 Å². The van der Waals surface area contributed by atoms with E-state index in [9.17, 15) is 13.2 Å². The molecular weight excluding hydrogens is 336 g/mol. The van der Waals surface area contributed by atoms with E-state index in [4.69, 9.17) is 0 Å². The monoisotopic (exact) mass is 360 g/mol. The lowest BCUT2D eigenvalue weighted by Gasteiger charge is -2.10. The Morgan fingerprint density at radius 3 is 2.44 bits per heavy atom. The Morgan fingerprint density at radius 2 is 1.76 bits per heavy atom. The molecule has 0 radical (unpaired) electrons. The highest BCUT2D eigenvalue weighted by molar-refractivity contribution is 7.89. The molecule has 0 unspecified atom stereocenters. The highest BCUT2D eigenvalue weighted by atomic mass is 32.2. The Kier molecular flexibility index (Phi) is 6.73. The molecule has 0 atom stereocenters. The van der Waals surface area contributed by atoms with E-state index in [2.05, 4.69) is 22.2 Å². The van der Waals surface area contributed by atoms with Crippen LogP contribution in [0.25, 0.3) is 0 Å². The number of rotatable bonds is 8. The molecule has 25 heavy (non-hydrogen) atoms. The SMILES string of the molecule is CNS(=O)(=O)c1ccc(C)c(C(=O)NCCCCc2ccccc2)c1. The van der Waals surface area contributed by atoms with E-state index in [1.54, 1.807) is 13.0 Å². The fourth-order valence-electron chi connectivity index (χ4n) is 2.53. The van der Waals surface area contributed by atoms with E-state index in [0.717, 1.165) is 24.8 Å². The Hall–Kier alpha value is -2.18. The summed E-state index contributed by atoms with van der Waals surface area (Å²) in [4.78, 5) is 12.4. The quantitative estimate of drug-likeness (QED) is 0.711. The van der Waals surface area contributed by atoms with E-state index >= 15 is 0 Å². The summed E-state index contributed by atoms with van der Waals surface area (Å²) in [7, 11) is -2.21. The zero-order valence-corrected chi connectivity index (χ0v) is 15.4. The predicted molar refractivity (Wildman–Crippen MR) is 99.1 cm³/mol. The second-order valence-electron chi connectivity index (χ2n) is 5.88. The molecule has 134 valence electrons. The van der Waals surface area contributed by atoms with Crippen molar-refractivity contribution in [3.63, 3.8) is 0 Å². The van der Waals surface area contributed by atoms with Gasteiger partial charge in [-0.1, -0.05) is 36.4 Å². The largest absolute Gasteiger partial charge is 0.352 e. The molecule has 0 spiro atoms. The molecule has 0 saturated heterocycles. The zero-order valence-electron chi connectivity index (χ0n) is 14.6. The van der Waals surface area contributed by atoms with Crippen molar-refractivity contribution in [2.45, 2.75) is 31.1 Å². The lowest BCUT2D eigenvalue weighted by molar-refractivity contribution is 0.0952. The van der Waals surface area contributed by atoms with Crippen molar-refractivity contribution < 1.29 is 13.2 Å². The van der Waals surface area contributed by atoms with E-state index < -0.39 is 10.0 Å². The van der Waals surface area contributed by atoms with E-state index in [1.165, 1.54) is 24.7 Å². The van der Waals surface area contributed by atoms with Gasteiger partial charge in [0.05, 0.1) is 4.90 Å². The van der Waals surface area contributed by atoms with Crippen molar-refractivity contribution >= 4 is 15.9 Å². The first-order chi connectivity index (χ1) is 11.9. The van der Waals surface area contributed by atoms with Gasteiger partial charge in [-0.05, 0) is 56.5 Å². The van der Waals surface area contributed by atoms with Crippen LogP contribution in [0.3, 0.4) is 0 Å². The maximum absolute atomic E-state index is 12.3. The third-order valence-electron chi connectivity index (χ3n) is 4.05. The minimum atomic E-state index is -3.56. The molecule has 2 aromatic rings. The normalized spacial score (nSPS) is 11.3. The number of carbonyl (C=O) groups is 1. The number of nitrogens with one attached hydrogen (secondary N) is 2. The van der Waals surface area contributed by atoms with Crippen molar-refractivity contribution in [1.82, 2.24) is 10.0 Å². The molecule has 0 aliphatic heterocycles. The molecule has 0 aliphatic rings. The van der Waals surface area contributed by atoms with Gasteiger partial charge in [0.1, 0.15) is 0 Å². The molecule has 6 heteroatoms. The van der Waals surface area contributed by atoms with Crippen molar-refractivity contribution in [3.05, 3.63) is 65.2 Å². The Balaban J connectivity index is 1.89. The van der Waals surface area contributed by atoms with Gasteiger partial charge >= 0.3 is 0 Å². The van der Waals surface area contributed by atoms with Crippen molar-refractivity contribution in [2.24, 2.45) is 0 Å². The van der Waals surface area contributed by atoms with Crippen LogP contribution in [0, 0.1) is 6.92 Å². The number of benzene rings is 2. The van der Waals surface area contributed by atoms with Gasteiger partial charge in [0.25, 0.3) is 5.91 Å². The van der Waals surface area contributed by atoms with Crippen molar-refractivity contribution in [1.29, 1.82) is 0 Å². The topological polar surface area (TPSA) is 75.3 Å². The number of unbranched alkanes of at least 4 members (excludes halogenated alkanes) is 1. The fourth-order valence-corrected chi connectivity index (χ4v) is 3.28. The third kappa shape index (κ3) is 5.41. The maximum atomic E-state index is 12.3. The summed E-state index contributed by atoms with van der Waals surface area (Å²) in [5.74, 6) is -0.245. The summed E-state index contributed by atoms with van der Waals surface area (Å²) in [5, 5.41) is 2.87. The maximum Gasteiger partial charge on any atom is 0.251 e. The fraction of sp³-hybridized carbons (Fsp3) is 0.316. The first-order valence-corrected chi connectivity index (χ1v) is 9.78. The van der Waals surface area contributed by atoms with Crippen LogP contribution in [0.2, 0.25) is 0 Å². The van der Waals surface area contributed by atoms with Crippen LogP contribution in [-0.2, 0) is 16.4 Å². The highest BCUT2D eigenvalue weighted by Gasteiger charge is 2.16. The molecule has 1 amide bonds.